The lowest BCUT2D eigenvalue weighted by atomic mass is 10.1. The number of carbonyl (C=O) groups is 2. The van der Waals surface area contributed by atoms with Gasteiger partial charge in [0.05, 0.1) is 18.7 Å². The van der Waals surface area contributed by atoms with Crippen molar-refractivity contribution in [3.8, 4) is 0 Å². The lowest BCUT2D eigenvalue weighted by Crippen LogP contribution is -2.56. The Morgan fingerprint density at radius 3 is 2.96 bits per heavy atom. The largest absolute Gasteiger partial charge is 0.353 e. The molecule has 2 N–H and O–H groups in total. The number of hydrogen-bond acceptors (Lipinski definition) is 4. The van der Waals surface area contributed by atoms with Crippen molar-refractivity contribution in [1.82, 2.24) is 25.3 Å². The monoisotopic (exact) mass is 377 g/mol. The van der Waals surface area contributed by atoms with Gasteiger partial charge in [0.1, 0.15) is 0 Å². The number of aromatic nitrogens is 2. The second-order valence-electron chi connectivity index (χ2n) is 6.49. The number of halogens is 2. The van der Waals surface area contributed by atoms with E-state index in [1.165, 1.54) is 12.1 Å². The number of hydrogen-bond donors (Lipinski definition) is 2. The van der Waals surface area contributed by atoms with Gasteiger partial charge in [-0.2, -0.15) is 5.10 Å². The highest BCUT2D eigenvalue weighted by atomic mass is 19.2. The number of amides is 2. The van der Waals surface area contributed by atoms with E-state index in [1.807, 2.05) is 0 Å². The predicted molar refractivity (Wildman–Crippen MR) is 93.2 cm³/mol. The lowest BCUT2D eigenvalue weighted by Gasteiger charge is -2.34. The van der Waals surface area contributed by atoms with Gasteiger partial charge in [-0.1, -0.05) is 12.1 Å². The summed E-state index contributed by atoms with van der Waals surface area (Å²) >= 11 is 0. The maximum Gasteiger partial charge on any atom is 0.237 e. The molecule has 1 aliphatic rings. The molecule has 3 rings (SSSR count). The Kier molecular flexibility index (Phi) is 5.80. The van der Waals surface area contributed by atoms with Crippen molar-refractivity contribution in [2.24, 2.45) is 7.05 Å². The van der Waals surface area contributed by atoms with Gasteiger partial charge in [0.15, 0.2) is 11.6 Å². The number of nitrogens with zero attached hydrogens (tertiary/aromatic N) is 3. The Labute approximate surface area is 155 Å². The standard InChI is InChI=1S/C18H21F2N5O2/c1-24-10-12(9-23-24)8-22-16(26)7-15-18(27)21-5-6-25(15)11-13-3-2-4-14(19)17(13)20/h2-4,9-10,15H,5-8,11H2,1H3,(H,21,27)(H,22,26)/t15-/m0/s1. The lowest BCUT2D eigenvalue weighted by molar-refractivity contribution is -0.134. The van der Waals surface area contributed by atoms with Gasteiger partial charge in [-0.25, -0.2) is 8.78 Å². The van der Waals surface area contributed by atoms with Crippen molar-refractivity contribution in [3.05, 3.63) is 53.4 Å². The van der Waals surface area contributed by atoms with E-state index in [0.29, 0.717) is 19.6 Å². The van der Waals surface area contributed by atoms with Crippen molar-refractivity contribution < 1.29 is 18.4 Å². The molecule has 0 radical (unpaired) electrons. The molecule has 0 aliphatic carbocycles. The predicted octanol–water partition coefficient (Wildman–Crippen LogP) is 0.705. The highest BCUT2D eigenvalue weighted by Gasteiger charge is 2.32. The summed E-state index contributed by atoms with van der Waals surface area (Å²) in [6.45, 7) is 1.20. The van der Waals surface area contributed by atoms with Crippen molar-refractivity contribution >= 4 is 11.8 Å². The third-order valence-electron chi connectivity index (χ3n) is 4.47. The Morgan fingerprint density at radius 2 is 2.22 bits per heavy atom. The molecular formula is C18H21F2N5O2. The van der Waals surface area contributed by atoms with Crippen LogP contribution in [0.25, 0.3) is 0 Å². The molecule has 144 valence electrons. The van der Waals surface area contributed by atoms with Crippen molar-refractivity contribution in [2.75, 3.05) is 13.1 Å². The van der Waals surface area contributed by atoms with Crippen LogP contribution in [0.1, 0.15) is 17.5 Å². The number of rotatable bonds is 6. The molecule has 9 heteroatoms. The first-order chi connectivity index (χ1) is 12.9. The first-order valence-corrected chi connectivity index (χ1v) is 8.63. The van der Waals surface area contributed by atoms with Crippen LogP contribution < -0.4 is 10.6 Å². The quantitative estimate of drug-likeness (QED) is 0.777. The van der Waals surface area contributed by atoms with Gasteiger partial charge in [0.25, 0.3) is 0 Å². The number of piperazine rings is 1. The first-order valence-electron chi connectivity index (χ1n) is 8.63. The number of carbonyl (C=O) groups excluding carboxylic acids is 2. The molecule has 1 fully saturated rings. The smallest absolute Gasteiger partial charge is 0.237 e. The van der Waals surface area contributed by atoms with Crippen LogP contribution in [-0.2, 0) is 29.7 Å². The fraction of sp³-hybridized carbons (Fsp3) is 0.389. The highest BCUT2D eigenvalue weighted by molar-refractivity contribution is 5.88. The molecule has 0 saturated carbocycles. The first kappa shape index (κ1) is 19.0. The van der Waals surface area contributed by atoms with Crippen LogP contribution in [0.2, 0.25) is 0 Å². The van der Waals surface area contributed by atoms with Crippen LogP contribution in [0, 0.1) is 11.6 Å². The van der Waals surface area contributed by atoms with E-state index in [0.717, 1.165) is 11.6 Å². The zero-order valence-electron chi connectivity index (χ0n) is 14.9. The average molecular weight is 377 g/mol. The summed E-state index contributed by atoms with van der Waals surface area (Å²) in [6, 6.07) is 3.21. The minimum Gasteiger partial charge on any atom is -0.353 e. The Bertz CT molecular complexity index is 839. The van der Waals surface area contributed by atoms with Gasteiger partial charge in [-0.15, -0.1) is 0 Å². The van der Waals surface area contributed by atoms with Crippen LogP contribution in [0.15, 0.2) is 30.6 Å². The fourth-order valence-electron chi connectivity index (χ4n) is 3.07. The molecule has 1 aliphatic heterocycles. The average Bonchev–Trinajstić information content (AvgIpc) is 3.05. The Morgan fingerprint density at radius 1 is 1.41 bits per heavy atom. The molecule has 1 aromatic carbocycles. The molecule has 2 aromatic rings. The van der Waals surface area contributed by atoms with Crippen molar-refractivity contribution in [3.63, 3.8) is 0 Å². The number of nitrogens with one attached hydrogen (secondary N) is 2. The van der Waals surface area contributed by atoms with Gasteiger partial charge in [-0.05, 0) is 6.07 Å². The van der Waals surface area contributed by atoms with Gasteiger partial charge < -0.3 is 10.6 Å². The summed E-state index contributed by atoms with van der Waals surface area (Å²) in [4.78, 5) is 26.2. The van der Waals surface area contributed by atoms with Gasteiger partial charge in [0.2, 0.25) is 11.8 Å². The summed E-state index contributed by atoms with van der Waals surface area (Å²) < 4.78 is 29.0. The summed E-state index contributed by atoms with van der Waals surface area (Å²) in [5.41, 5.74) is 1.00. The van der Waals surface area contributed by atoms with Crippen LogP contribution in [0.4, 0.5) is 8.78 Å². The SMILES string of the molecule is Cn1cc(CNC(=O)C[C@H]2C(=O)NCCN2Cc2cccc(F)c2F)cn1. The third-order valence-corrected chi connectivity index (χ3v) is 4.47. The van der Waals surface area contributed by atoms with Crippen LogP contribution in [0.5, 0.6) is 0 Å². The molecular weight excluding hydrogens is 356 g/mol. The van der Waals surface area contributed by atoms with E-state index in [9.17, 15) is 18.4 Å². The van der Waals surface area contributed by atoms with E-state index >= 15 is 0 Å². The van der Waals surface area contributed by atoms with E-state index in [2.05, 4.69) is 15.7 Å². The van der Waals surface area contributed by atoms with E-state index in [-0.39, 0.29) is 30.3 Å². The van der Waals surface area contributed by atoms with Crippen LogP contribution >= 0.6 is 0 Å². The second kappa shape index (κ2) is 8.26. The normalized spacial score (nSPS) is 17.6. The zero-order chi connectivity index (χ0) is 19.4. The summed E-state index contributed by atoms with van der Waals surface area (Å²) in [6.07, 6.45) is 3.36. The molecule has 0 bridgehead atoms. The Balaban J connectivity index is 1.64. The maximum absolute atomic E-state index is 14.0. The van der Waals surface area contributed by atoms with E-state index < -0.39 is 17.7 Å². The molecule has 2 amide bonds. The van der Waals surface area contributed by atoms with Crippen LogP contribution in [0.3, 0.4) is 0 Å². The van der Waals surface area contributed by atoms with Gasteiger partial charge in [0, 0.05) is 50.6 Å². The topological polar surface area (TPSA) is 79.3 Å². The molecule has 0 unspecified atom stereocenters. The molecule has 0 spiro atoms. The summed E-state index contributed by atoms with van der Waals surface area (Å²) in [5, 5.41) is 9.49. The summed E-state index contributed by atoms with van der Waals surface area (Å²) in [7, 11) is 1.78. The van der Waals surface area contributed by atoms with Gasteiger partial charge >= 0.3 is 0 Å². The second-order valence-corrected chi connectivity index (χ2v) is 6.49. The Hall–Kier alpha value is -2.81. The van der Waals surface area contributed by atoms with Crippen molar-refractivity contribution in [1.29, 1.82) is 0 Å². The molecule has 1 atom stereocenters. The minimum absolute atomic E-state index is 0.0531. The summed E-state index contributed by atoms with van der Waals surface area (Å²) in [5.74, 6) is -2.46. The van der Waals surface area contributed by atoms with Crippen LogP contribution in [-0.4, -0.2) is 45.6 Å². The maximum atomic E-state index is 14.0. The third kappa shape index (κ3) is 4.68. The molecule has 1 saturated heterocycles. The fourth-order valence-corrected chi connectivity index (χ4v) is 3.07. The molecule has 7 nitrogen and oxygen atoms in total. The molecule has 2 heterocycles. The minimum atomic E-state index is -0.931. The number of benzene rings is 1. The van der Waals surface area contributed by atoms with E-state index in [4.69, 9.17) is 0 Å². The van der Waals surface area contributed by atoms with E-state index in [1.54, 1.807) is 29.0 Å². The van der Waals surface area contributed by atoms with Gasteiger partial charge in [-0.3, -0.25) is 19.2 Å². The molecule has 27 heavy (non-hydrogen) atoms. The molecule has 1 aromatic heterocycles. The number of aryl methyl sites for hydroxylation is 1. The van der Waals surface area contributed by atoms with Crippen molar-refractivity contribution in [2.45, 2.75) is 25.6 Å². The zero-order valence-corrected chi connectivity index (χ0v) is 14.9. The highest BCUT2D eigenvalue weighted by Crippen LogP contribution is 2.18.